The van der Waals surface area contributed by atoms with Crippen LogP contribution in [0.3, 0.4) is 0 Å². The van der Waals surface area contributed by atoms with Gasteiger partial charge in [-0.3, -0.25) is 9.89 Å². The number of benzene rings is 1. The molecular formula is C18H19N3OS2. The average Bonchev–Trinajstić information content (AvgIpc) is 3.30. The van der Waals surface area contributed by atoms with E-state index in [1.165, 1.54) is 17.3 Å². The summed E-state index contributed by atoms with van der Waals surface area (Å²) in [4.78, 5) is 17.8. The molecule has 1 atom stereocenters. The van der Waals surface area contributed by atoms with Crippen molar-refractivity contribution in [3.63, 3.8) is 0 Å². The molecule has 2 heterocycles. The van der Waals surface area contributed by atoms with E-state index in [1.807, 2.05) is 41.8 Å². The minimum absolute atomic E-state index is 0.0955. The van der Waals surface area contributed by atoms with E-state index < -0.39 is 0 Å². The van der Waals surface area contributed by atoms with Gasteiger partial charge in [0.15, 0.2) is 11.6 Å². The summed E-state index contributed by atoms with van der Waals surface area (Å²) in [6.07, 6.45) is 1.10. The molecule has 0 aliphatic rings. The number of carbonyl (C=O) groups excluding carboxylic acids is 1. The van der Waals surface area contributed by atoms with Gasteiger partial charge >= 0.3 is 0 Å². The van der Waals surface area contributed by atoms with E-state index in [9.17, 15) is 4.79 Å². The Bertz CT molecular complexity index is 794. The lowest BCUT2D eigenvalue weighted by Gasteiger charge is -2.09. The summed E-state index contributed by atoms with van der Waals surface area (Å²) >= 11 is 2.96. The summed E-state index contributed by atoms with van der Waals surface area (Å²) in [6.45, 7) is 4.36. The van der Waals surface area contributed by atoms with E-state index in [2.05, 4.69) is 29.0 Å². The first-order valence-electron chi connectivity index (χ1n) is 7.89. The standard InChI is InChI=1S/C18H19N3OS2/c1-3-12(2)13-6-8-14(9-7-13)15(22)11-24-18-19-17(20-21-18)16-5-4-10-23-16/h4-10,12H,3,11H2,1-2H3,(H,19,20,21)/t12-/m0/s1. The first-order chi connectivity index (χ1) is 11.7. The van der Waals surface area contributed by atoms with Crippen LogP contribution >= 0.6 is 23.1 Å². The number of aromatic amines is 1. The normalized spacial score (nSPS) is 12.2. The van der Waals surface area contributed by atoms with Gasteiger partial charge in [-0.1, -0.05) is 55.9 Å². The highest BCUT2D eigenvalue weighted by Crippen LogP contribution is 2.24. The summed E-state index contributed by atoms with van der Waals surface area (Å²) in [5, 5.41) is 9.68. The van der Waals surface area contributed by atoms with E-state index in [1.54, 1.807) is 11.3 Å². The van der Waals surface area contributed by atoms with Crippen LogP contribution in [-0.2, 0) is 0 Å². The number of ketones is 1. The lowest BCUT2D eigenvalue weighted by Crippen LogP contribution is -2.03. The van der Waals surface area contributed by atoms with Crippen LogP contribution < -0.4 is 0 Å². The largest absolute Gasteiger partial charge is 0.293 e. The molecule has 6 heteroatoms. The fourth-order valence-corrected chi connectivity index (χ4v) is 3.64. The van der Waals surface area contributed by atoms with Crippen LogP contribution in [0.1, 0.15) is 42.1 Å². The number of rotatable bonds is 7. The van der Waals surface area contributed by atoms with Gasteiger partial charge < -0.3 is 0 Å². The van der Waals surface area contributed by atoms with E-state index in [0.29, 0.717) is 16.8 Å². The molecule has 0 aliphatic heterocycles. The highest BCUT2D eigenvalue weighted by atomic mass is 32.2. The third-order valence-corrected chi connectivity index (χ3v) is 5.69. The molecule has 0 bridgehead atoms. The lowest BCUT2D eigenvalue weighted by atomic mass is 9.97. The number of carbonyl (C=O) groups is 1. The Kier molecular flexibility index (Phi) is 5.48. The Morgan fingerprint density at radius 2 is 2.08 bits per heavy atom. The molecule has 0 spiro atoms. The molecule has 2 aromatic heterocycles. The van der Waals surface area contributed by atoms with Gasteiger partial charge in [-0.15, -0.1) is 16.4 Å². The quantitative estimate of drug-likeness (QED) is 0.476. The van der Waals surface area contributed by atoms with Gasteiger partial charge in [0.2, 0.25) is 5.16 Å². The number of hydrogen-bond donors (Lipinski definition) is 1. The van der Waals surface area contributed by atoms with Crippen LogP contribution in [0.5, 0.6) is 0 Å². The van der Waals surface area contributed by atoms with Gasteiger partial charge in [-0.05, 0) is 29.3 Å². The summed E-state index contributed by atoms with van der Waals surface area (Å²) in [7, 11) is 0. The van der Waals surface area contributed by atoms with Gasteiger partial charge in [0, 0.05) is 5.56 Å². The number of H-pyrrole nitrogens is 1. The molecule has 0 unspecified atom stereocenters. The minimum Gasteiger partial charge on any atom is -0.293 e. The van der Waals surface area contributed by atoms with Crippen molar-refractivity contribution in [3.8, 4) is 10.7 Å². The predicted octanol–water partition coefficient (Wildman–Crippen LogP) is 5.02. The van der Waals surface area contributed by atoms with Crippen molar-refractivity contribution in [1.29, 1.82) is 0 Å². The molecule has 1 N–H and O–H groups in total. The number of nitrogens with zero attached hydrogens (tertiary/aromatic N) is 2. The molecule has 1 aromatic carbocycles. The molecule has 4 nitrogen and oxygen atoms in total. The topological polar surface area (TPSA) is 58.6 Å². The second kappa shape index (κ2) is 7.77. The number of thiophene rings is 1. The number of aromatic nitrogens is 3. The molecule has 0 radical (unpaired) electrons. The Labute approximate surface area is 149 Å². The van der Waals surface area contributed by atoms with Crippen LogP contribution in [-0.4, -0.2) is 26.7 Å². The maximum absolute atomic E-state index is 12.3. The van der Waals surface area contributed by atoms with E-state index in [0.717, 1.165) is 22.7 Å². The van der Waals surface area contributed by atoms with Gasteiger partial charge in [0.1, 0.15) is 0 Å². The third kappa shape index (κ3) is 3.94. The Morgan fingerprint density at radius 3 is 2.75 bits per heavy atom. The Balaban J connectivity index is 1.59. The van der Waals surface area contributed by atoms with Crippen molar-refractivity contribution in [2.45, 2.75) is 31.3 Å². The third-order valence-electron chi connectivity index (χ3n) is 3.97. The number of thioether (sulfide) groups is 1. The summed E-state index contributed by atoms with van der Waals surface area (Å²) < 4.78 is 0. The van der Waals surface area contributed by atoms with Crippen molar-refractivity contribution < 1.29 is 4.79 Å². The van der Waals surface area contributed by atoms with Crippen molar-refractivity contribution in [1.82, 2.24) is 15.2 Å². The van der Waals surface area contributed by atoms with E-state index in [4.69, 9.17) is 0 Å². The zero-order valence-electron chi connectivity index (χ0n) is 13.7. The molecule has 124 valence electrons. The van der Waals surface area contributed by atoms with Crippen molar-refractivity contribution in [3.05, 3.63) is 52.9 Å². The van der Waals surface area contributed by atoms with E-state index in [-0.39, 0.29) is 5.78 Å². The fraction of sp³-hybridized carbons (Fsp3) is 0.278. The minimum atomic E-state index is 0.0955. The first kappa shape index (κ1) is 16.9. The number of Topliss-reactive ketones (excluding diaryl/α,β-unsaturated/α-hetero) is 1. The van der Waals surface area contributed by atoms with Crippen molar-refractivity contribution in [2.75, 3.05) is 5.75 Å². The van der Waals surface area contributed by atoms with Crippen LogP contribution in [0.15, 0.2) is 46.9 Å². The van der Waals surface area contributed by atoms with Crippen molar-refractivity contribution in [2.24, 2.45) is 0 Å². The summed E-state index contributed by atoms with van der Waals surface area (Å²) in [5.74, 6) is 1.70. The molecule has 24 heavy (non-hydrogen) atoms. The number of hydrogen-bond acceptors (Lipinski definition) is 5. The average molecular weight is 358 g/mol. The van der Waals surface area contributed by atoms with Crippen LogP contribution in [0, 0.1) is 0 Å². The SMILES string of the molecule is CC[C@H](C)c1ccc(C(=O)CSc2n[nH]c(-c3cccs3)n2)cc1. The van der Waals surface area contributed by atoms with Gasteiger partial charge in [-0.25, -0.2) is 4.98 Å². The van der Waals surface area contributed by atoms with Crippen LogP contribution in [0.4, 0.5) is 0 Å². The maximum atomic E-state index is 12.3. The summed E-state index contributed by atoms with van der Waals surface area (Å²) in [6, 6.07) is 11.9. The number of nitrogens with one attached hydrogen (secondary N) is 1. The first-order valence-corrected chi connectivity index (χ1v) is 9.76. The van der Waals surface area contributed by atoms with Crippen molar-refractivity contribution >= 4 is 28.9 Å². The lowest BCUT2D eigenvalue weighted by molar-refractivity contribution is 0.102. The van der Waals surface area contributed by atoms with Gasteiger partial charge in [-0.2, -0.15) is 0 Å². The van der Waals surface area contributed by atoms with Crippen LogP contribution in [0.25, 0.3) is 10.7 Å². The highest BCUT2D eigenvalue weighted by molar-refractivity contribution is 7.99. The zero-order chi connectivity index (χ0) is 16.9. The predicted molar refractivity (Wildman–Crippen MR) is 99.9 cm³/mol. The molecule has 3 rings (SSSR count). The molecule has 0 aliphatic carbocycles. The second-order valence-electron chi connectivity index (χ2n) is 5.59. The molecule has 0 amide bonds. The second-order valence-corrected chi connectivity index (χ2v) is 7.48. The fourth-order valence-electron chi connectivity index (χ4n) is 2.28. The van der Waals surface area contributed by atoms with Gasteiger partial charge in [0.05, 0.1) is 10.6 Å². The summed E-state index contributed by atoms with van der Waals surface area (Å²) in [5.41, 5.74) is 2.01. The molecule has 0 fully saturated rings. The van der Waals surface area contributed by atoms with Crippen LogP contribution in [0.2, 0.25) is 0 Å². The van der Waals surface area contributed by atoms with E-state index >= 15 is 0 Å². The monoisotopic (exact) mass is 357 g/mol. The molecule has 0 saturated heterocycles. The molecular weight excluding hydrogens is 338 g/mol. The smallest absolute Gasteiger partial charge is 0.209 e. The Morgan fingerprint density at radius 1 is 1.29 bits per heavy atom. The molecule has 0 saturated carbocycles. The molecule has 3 aromatic rings. The maximum Gasteiger partial charge on any atom is 0.209 e. The highest BCUT2D eigenvalue weighted by Gasteiger charge is 2.12. The zero-order valence-corrected chi connectivity index (χ0v) is 15.3. The van der Waals surface area contributed by atoms with Gasteiger partial charge in [0.25, 0.3) is 0 Å². The Hall–Kier alpha value is -1.92.